The molecule has 0 aromatic carbocycles. The van der Waals surface area contributed by atoms with Crippen LogP contribution in [0.3, 0.4) is 0 Å². The number of aromatic nitrogens is 3. The second-order valence-electron chi connectivity index (χ2n) is 3.51. The topological polar surface area (TPSA) is 87.5 Å². The number of hydrogen-bond acceptors (Lipinski definition) is 3. The number of carboxylic acids is 1. The number of nitrogens with zero attached hydrogens (tertiary/aromatic N) is 2. The van der Waals surface area contributed by atoms with Gasteiger partial charge in [0.05, 0.1) is 0 Å². The van der Waals surface area contributed by atoms with Crippen LogP contribution in [0.5, 0.6) is 0 Å². The number of aromatic carboxylic acids is 1. The van der Waals surface area contributed by atoms with Gasteiger partial charge in [0.2, 0.25) is 0 Å². The molecule has 0 saturated heterocycles. The predicted molar refractivity (Wildman–Crippen MR) is 56.9 cm³/mol. The molecule has 0 bridgehead atoms. The summed E-state index contributed by atoms with van der Waals surface area (Å²) in [5.74, 6) is -1.27. The van der Waals surface area contributed by atoms with Gasteiger partial charge in [-0.05, 0) is 13.3 Å². The lowest BCUT2D eigenvalue weighted by Gasteiger charge is -1.96. The Labute approximate surface area is 90.5 Å². The van der Waals surface area contributed by atoms with Gasteiger partial charge in [-0.3, -0.25) is 9.89 Å². The Morgan fingerprint density at radius 3 is 2.88 bits per heavy atom. The van der Waals surface area contributed by atoms with Crippen molar-refractivity contribution in [2.45, 2.75) is 20.3 Å². The maximum Gasteiger partial charge on any atom is 0.343 e. The van der Waals surface area contributed by atoms with Gasteiger partial charge in [0.25, 0.3) is 5.56 Å². The number of hydrogen-bond donors (Lipinski definition) is 2. The van der Waals surface area contributed by atoms with Crippen LogP contribution in [0.15, 0.2) is 11.0 Å². The Kier molecular flexibility index (Phi) is 2.26. The zero-order valence-electron chi connectivity index (χ0n) is 8.94. The SMILES string of the molecule is CCc1c(C)[nH]n2c(=O)c(C(=O)O)cnc12. The number of aryl methyl sites for hydroxylation is 2. The molecule has 0 unspecified atom stereocenters. The molecule has 0 aliphatic heterocycles. The summed E-state index contributed by atoms with van der Waals surface area (Å²) in [4.78, 5) is 26.5. The summed E-state index contributed by atoms with van der Waals surface area (Å²) >= 11 is 0. The highest BCUT2D eigenvalue weighted by molar-refractivity contribution is 5.87. The smallest absolute Gasteiger partial charge is 0.343 e. The minimum absolute atomic E-state index is 0.332. The monoisotopic (exact) mass is 221 g/mol. The fourth-order valence-electron chi connectivity index (χ4n) is 1.74. The van der Waals surface area contributed by atoms with E-state index in [0.717, 1.165) is 23.9 Å². The molecule has 2 aromatic heterocycles. The molecule has 6 heteroatoms. The third-order valence-corrected chi connectivity index (χ3v) is 2.55. The summed E-state index contributed by atoms with van der Waals surface area (Å²) < 4.78 is 1.18. The largest absolute Gasteiger partial charge is 0.477 e. The molecule has 6 nitrogen and oxygen atoms in total. The lowest BCUT2D eigenvalue weighted by Crippen LogP contribution is -2.23. The van der Waals surface area contributed by atoms with Gasteiger partial charge in [-0.25, -0.2) is 14.3 Å². The summed E-state index contributed by atoms with van der Waals surface area (Å²) in [6, 6.07) is 0. The van der Waals surface area contributed by atoms with E-state index in [9.17, 15) is 9.59 Å². The van der Waals surface area contributed by atoms with Crippen LogP contribution in [0.4, 0.5) is 0 Å². The van der Waals surface area contributed by atoms with Crippen molar-refractivity contribution < 1.29 is 9.90 Å². The van der Waals surface area contributed by atoms with Crippen molar-refractivity contribution in [2.24, 2.45) is 0 Å². The molecule has 2 rings (SSSR count). The zero-order valence-corrected chi connectivity index (χ0v) is 8.94. The van der Waals surface area contributed by atoms with Crippen LogP contribution in [0.25, 0.3) is 5.65 Å². The number of H-pyrrole nitrogens is 1. The Hall–Kier alpha value is -2.11. The van der Waals surface area contributed by atoms with Gasteiger partial charge in [-0.1, -0.05) is 6.92 Å². The van der Waals surface area contributed by atoms with Crippen molar-refractivity contribution in [2.75, 3.05) is 0 Å². The van der Waals surface area contributed by atoms with Crippen molar-refractivity contribution in [1.29, 1.82) is 0 Å². The van der Waals surface area contributed by atoms with E-state index < -0.39 is 11.5 Å². The fraction of sp³-hybridized carbons (Fsp3) is 0.300. The first-order valence-electron chi connectivity index (χ1n) is 4.88. The van der Waals surface area contributed by atoms with Crippen LogP contribution in [-0.4, -0.2) is 25.7 Å². The molecule has 2 N–H and O–H groups in total. The molecular formula is C10H11N3O3. The normalized spacial score (nSPS) is 10.9. The molecule has 0 amide bonds. The van der Waals surface area contributed by atoms with Crippen LogP contribution in [0.1, 0.15) is 28.5 Å². The van der Waals surface area contributed by atoms with Gasteiger partial charge >= 0.3 is 5.97 Å². The highest BCUT2D eigenvalue weighted by Gasteiger charge is 2.15. The van der Waals surface area contributed by atoms with Crippen LogP contribution < -0.4 is 5.56 Å². The predicted octanol–water partition coefficient (Wildman–Crippen LogP) is 0.592. The zero-order chi connectivity index (χ0) is 11.9. The number of carbonyl (C=O) groups is 1. The number of rotatable bonds is 2. The van der Waals surface area contributed by atoms with E-state index in [1.54, 1.807) is 0 Å². The molecule has 0 atom stereocenters. The molecule has 0 fully saturated rings. The quantitative estimate of drug-likeness (QED) is 0.777. The number of nitrogens with one attached hydrogen (secondary N) is 1. The molecule has 0 aliphatic rings. The molecule has 84 valence electrons. The van der Waals surface area contributed by atoms with Crippen molar-refractivity contribution in [1.82, 2.24) is 14.6 Å². The van der Waals surface area contributed by atoms with Crippen molar-refractivity contribution in [3.05, 3.63) is 33.4 Å². The number of fused-ring (bicyclic) bond motifs is 1. The highest BCUT2D eigenvalue weighted by Crippen LogP contribution is 2.11. The first kappa shape index (κ1) is 10.4. The average Bonchev–Trinajstić information content (AvgIpc) is 2.55. The Bertz CT molecular complexity index is 624. The molecule has 0 spiro atoms. The fourth-order valence-corrected chi connectivity index (χ4v) is 1.74. The summed E-state index contributed by atoms with van der Waals surface area (Å²) in [7, 11) is 0. The minimum Gasteiger partial charge on any atom is -0.477 e. The maximum absolute atomic E-state index is 11.8. The van der Waals surface area contributed by atoms with E-state index in [2.05, 4.69) is 10.1 Å². The van der Waals surface area contributed by atoms with Gasteiger partial charge in [-0.2, -0.15) is 0 Å². The number of aromatic amines is 1. The summed E-state index contributed by atoms with van der Waals surface area (Å²) in [5.41, 5.74) is 1.33. The Morgan fingerprint density at radius 2 is 2.31 bits per heavy atom. The van der Waals surface area contributed by atoms with Gasteiger partial charge in [-0.15, -0.1) is 0 Å². The van der Waals surface area contributed by atoms with E-state index in [1.807, 2.05) is 13.8 Å². The van der Waals surface area contributed by atoms with Gasteiger partial charge in [0.1, 0.15) is 5.56 Å². The van der Waals surface area contributed by atoms with Crippen molar-refractivity contribution >= 4 is 11.6 Å². The van der Waals surface area contributed by atoms with Gasteiger partial charge < -0.3 is 5.11 Å². The number of carboxylic acid groups (broad SMARTS) is 1. The van der Waals surface area contributed by atoms with Crippen LogP contribution in [0.2, 0.25) is 0 Å². The van der Waals surface area contributed by atoms with Crippen LogP contribution in [-0.2, 0) is 6.42 Å². The molecule has 2 aromatic rings. The Morgan fingerprint density at radius 1 is 1.62 bits per heavy atom. The molecule has 2 heterocycles. The molecule has 0 aliphatic carbocycles. The van der Waals surface area contributed by atoms with E-state index in [4.69, 9.17) is 5.11 Å². The van der Waals surface area contributed by atoms with E-state index >= 15 is 0 Å². The first-order chi connectivity index (χ1) is 7.56. The van der Waals surface area contributed by atoms with E-state index in [1.165, 1.54) is 4.52 Å². The van der Waals surface area contributed by atoms with Gasteiger partial charge in [0.15, 0.2) is 5.65 Å². The second-order valence-corrected chi connectivity index (χ2v) is 3.51. The minimum atomic E-state index is -1.27. The molecule has 16 heavy (non-hydrogen) atoms. The lowest BCUT2D eigenvalue weighted by atomic mass is 10.2. The van der Waals surface area contributed by atoms with Crippen LogP contribution in [0, 0.1) is 6.92 Å². The third kappa shape index (κ3) is 1.30. The molecular weight excluding hydrogens is 210 g/mol. The van der Waals surface area contributed by atoms with Crippen molar-refractivity contribution in [3.8, 4) is 0 Å². The van der Waals surface area contributed by atoms with E-state index in [0.29, 0.717) is 5.65 Å². The molecule has 0 saturated carbocycles. The second kappa shape index (κ2) is 3.48. The summed E-state index contributed by atoms with van der Waals surface area (Å²) in [6.45, 7) is 3.78. The standard InChI is InChI=1S/C10H11N3O3/c1-3-6-5(2)12-13-8(6)11-4-7(9(13)14)10(15)16/h4,12H,3H2,1-2H3,(H,15,16). The third-order valence-electron chi connectivity index (χ3n) is 2.55. The average molecular weight is 221 g/mol. The van der Waals surface area contributed by atoms with Crippen molar-refractivity contribution in [3.63, 3.8) is 0 Å². The Balaban J connectivity index is 2.87. The van der Waals surface area contributed by atoms with E-state index in [-0.39, 0.29) is 5.56 Å². The van der Waals surface area contributed by atoms with Gasteiger partial charge in [0, 0.05) is 17.5 Å². The maximum atomic E-state index is 11.8. The highest BCUT2D eigenvalue weighted by atomic mass is 16.4. The van der Waals surface area contributed by atoms with Crippen LogP contribution >= 0.6 is 0 Å². The first-order valence-corrected chi connectivity index (χ1v) is 4.88. The summed E-state index contributed by atoms with van der Waals surface area (Å²) in [5, 5.41) is 11.6. The lowest BCUT2D eigenvalue weighted by molar-refractivity contribution is 0.0694. The summed E-state index contributed by atoms with van der Waals surface area (Å²) in [6.07, 6.45) is 1.84. The molecule has 0 radical (unpaired) electrons.